The third kappa shape index (κ3) is 1.81. The lowest BCUT2D eigenvalue weighted by Crippen LogP contribution is -2.35. The Morgan fingerprint density at radius 2 is 2.11 bits per heavy atom. The zero-order valence-corrected chi connectivity index (χ0v) is 10.4. The van der Waals surface area contributed by atoms with E-state index in [-0.39, 0.29) is 29.8 Å². The number of rotatable bonds is 2. The van der Waals surface area contributed by atoms with Crippen LogP contribution in [-0.2, 0) is 4.79 Å². The number of benzene rings is 1. The van der Waals surface area contributed by atoms with Crippen LogP contribution in [0.1, 0.15) is 36.4 Å². The smallest absolute Gasteiger partial charge is 0.225 e. The molecule has 4 heteroatoms. The molecule has 0 bridgehead atoms. The van der Waals surface area contributed by atoms with Gasteiger partial charge in [-0.25, -0.2) is 4.39 Å². The van der Waals surface area contributed by atoms with Gasteiger partial charge in [0.15, 0.2) is 0 Å². The van der Waals surface area contributed by atoms with E-state index < -0.39 is 0 Å². The lowest BCUT2D eigenvalue weighted by molar-refractivity contribution is -0.129. The summed E-state index contributed by atoms with van der Waals surface area (Å²) in [6.07, 6.45) is 2.36. The second kappa shape index (κ2) is 4.05. The Kier molecular flexibility index (Phi) is 2.63. The molecule has 1 aliphatic heterocycles. The highest BCUT2D eigenvalue weighted by Crippen LogP contribution is 2.41. The van der Waals surface area contributed by atoms with Crippen LogP contribution in [0.4, 0.5) is 4.39 Å². The van der Waals surface area contributed by atoms with Crippen LogP contribution in [0.5, 0.6) is 0 Å². The molecule has 3 rings (SSSR count). The van der Waals surface area contributed by atoms with Crippen molar-refractivity contribution >= 4 is 5.91 Å². The fourth-order valence-corrected chi connectivity index (χ4v) is 2.83. The first-order valence-electron chi connectivity index (χ1n) is 6.40. The molecule has 1 aromatic carbocycles. The van der Waals surface area contributed by atoms with E-state index in [1.54, 1.807) is 6.07 Å². The number of carbonyl (C=O) groups is 1. The monoisotopic (exact) mass is 248 g/mol. The SMILES string of the molecule is Cc1ccc(F)c(C2C(N)CC(=O)N2C2CC2)c1. The maximum atomic E-state index is 14.0. The van der Waals surface area contributed by atoms with Gasteiger partial charge in [0, 0.05) is 24.1 Å². The van der Waals surface area contributed by atoms with Crippen LogP contribution in [-0.4, -0.2) is 22.9 Å². The van der Waals surface area contributed by atoms with Crippen LogP contribution in [0.2, 0.25) is 0 Å². The highest BCUT2D eigenvalue weighted by molar-refractivity contribution is 5.81. The van der Waals surface area contributed by atoms with E-state index in [4.69, 9.17) is 5.73 Å². The third-order valence-corrected chi connectivity index (χ3v) is 3.81. The van der Waals surface area contributed by atoms with E-state index in [0.717, 1.165) is 18.4 Å². The van der Waals surface area contributed by atoms with Crippen molar-refractivity contribution in [1.82, 2.24) is 4.90 Å². The van der Waals surface area contributed by atoms with Gasteiger partial charge in [0.25, 0.3) is 0 Å². The quantitative estimate of drug-likeness (QED) is 0.868. The highest BCUT2D eigenvalue weighted by Gasteiger charge is 2.46. The summed E-state index contributed by atoms with van der Waals surface area (Å²) < 4.78 is 14.0. The van der Waals surface area contributed by atoms with Gasteiger partial charge in [-0.2, -0.15) is 0 Å². The fraction of sp³-hybridized carbons (Fsp3) is 0.500. The van der Waals surface area contributed by atoms with E-state index in [1.807, 2.05) is 17.9 Å². The minimum absolute atomic E-state index is 0.0657. The summed E-state index contributed by atoms with van der Waals surface area (Å²) in [5.41, 5.74) is 7.61. The minimum atomic E-state index is -0.297. The summed E-state index contributed by atoms with van der Waals surface area (Å²) in [6.45, 7) is 1.92. The number of aryl methyl sites for hydroxylation is 1. The van der Waals surface area contributed by atoms with Crippen LogP contribution >= 0.6 is 0 Å². The molecule has 1 amide bonds. The molecule has 0 radical (unpaired) electrons. The molecule has 2 N–H and O–H groups in total. The van der Waals surface area contributed by atoms with Crippen molar-refractivity contribution in [3.05, 3.63) is 35.1 Å². The Balaban J connectivity index is 2.02. The van der Waals surface area contributed by atoms with E-state index in [1.165, 1.54) is 6.07 Å². The molecule has 1 saturated carbocycles. The molecule has 1 saturated heterocycles. The molecule has 0 aromatic heterocycles. The average Bonchev–Trinajstić information content (AvgIpc) is 3.09. The van der Waals surface area contributed by atoms with Gasteiger partial charge in [-0.05, 0) is 25.8 Å². The van der Waals surface area contributed by atoms with Gasteiger partial charge in [-0.15, -0.1) is 0 Å². The number of carbonyl (C=O) groups excluding carboxylic acids is 1. The number of nitrogens with two attached hydrogens (primary N) is 1. The lowest BCUT2D eigenvalue weighted by atomic mass is 9.98. The van der Waals surface area contributed by atoms with Crippen LogP contribution < -0.4 is 5.73 Å². The molecule has 2 aliphatic rings. The number of nitrogens with zero attached hydrogens (tertiary/aromatic N) is 1. The zero-order valence-electron chi connectivity index (χ0n) is 10.4. The molecule has 2 unspecified atom stereocenters. The number of hydrogen-bond acceptors (Lipinski definition) is 2. The van der Waals surface area contributed by atoms with Gasteiger partial charge in [0.05, 0.1) is 6.04 Å². The molecule has 3 nitrogen and oxygen atoms in total. The topological polar surface area (TPSA) is 46.3 Å². The fourth-order valence-electron chi connectivity index (χ4n) is 2.83. The number of likely N-dealkylation sites (tertiary alicyclic amines) is 1. The van der Waals surface area contributed by atoms with Crippen molar-refractivity contribution in [2.45, 2.75) is 44.3 Å². The summed E-state index contributed by atoms with van der Waals surface area (Å²) in [7, 11) is 0. The lowest BCUT2D eigenvalue weighted by Gasteiger charge is -2.27. The first kappa shape index (κ1) is 11.7. The normalized spacial score (nSPS) is 27.9. The molecule has 18 heavy (non-hydrogen) atoms. The maximum absolute atomic E-state index is 14.0. The summed E-state index contributed by atoms with van der Waals surface area (Å²) >= 11 is 0. The van der Waals surface area contributed by atoms with Crippen LogP contribution in [0.15, 0.2) is 18.2 Å². The standard InChI is InChI=1S/C14H17FN2O/c1-8-2-5-11(15)10(6-8)14-12(16)7-13(18)17(14)9-3-4-9/h2,5-6,9,12,14H,3-4,7,16H2,1H3. The molecular weight excluding hydrogens is 231 g/mol. The number of hydrogen-bond donors (Lipinski definition) is 1. The molecule has 0 spiro atoms. The molecule has 2 atom stereocenters. The van der Waals surface area contributed by atoms with E-state index >= 15 is 0 Å². The van der Waals surface area contributed by atoms with Gasteiger partial charge < -0.3 is 10.6 Å². The maximum Gasteiger partial charge on any atom is 0.225 e. The first-order valence-corrected chi connectivity index (χ1v) is 6.40. The Morgan fingerprint density at radius 3 is 2.78 bits per heavy atom. The average molecular weight is 248 g/mol. The highest BCUT2D eigenvalue weighted by atomic mass is 19.1. The third-order valence-electron chi connectivity index (χ3n) is 3.81. The van der Waals surface area contributed by atoms with Gasteiger partial charge in [-0.1, -0.05) is 17.7 Å². The predicted octanol–water partition coefficient (Wildman–Crippen LogP) is 1.90. The first-order chi connectivity index (χ1) is 8.58. The van der Waals surface area contributed by atoms with Crippen molar-refractivity contribution in [2.75, 3.05) is 0 Å². The van der Waals surface area contributed by atoms with Crippen molar-refractivity contribution in [2.24, 2.45) is 5.73 Å². The molecule has 2 fully saturated rings. The van der Waals surface area contributed by atoms with E-state index in [2.05, 4.69) is 0 Å². The summed E-state index contributed by atoms with van der Waals surface area (Å²) in [5, 5.41) is 0. The number of amides is 1. The van der Waals surface area contributed by atoms with Crippen molar-refractivity contribution in [1.29, 1.82) is 0 Å². The summed E-state index contributed by atoms with van der Waals surface area (Å²) in [4.78, 5) is 13.8. The van der Waals surface area contributed by atoms with Crippen molar-refractivity contribution < 1.29 is 9.18 Å². The summed E-state index contributed by atoms with van der Waals surface area (Å²) in [6, 6.07) is 4.71. The Hall–Kier alpha value is -1.42. The molecular formula is C14H17FN2O. The van der Waals surface area contributed by atoms with Crippen molar-refractivity contribution in [3.8, 4) is 0 Å². The molecule has 1 aliphatic carbocycles. The minimum Gasteiger partial charge on any atom is -0.331 e. The molecule has 1 aromatic rings. The van der Waals surface area contributed by atoms with E-state index in [0.29, 0.717) is 12.0 Å². The largest absolute Gasteiger partial charge is 0.331 e. The van der Waals surface area contributed by atoms with Gasteiger partial charge in [0.2, 0.25) is 5.91 Å². The second-order valence-electron chi connectivity index (χ2n) is 5.37. The van der Waals surface area contributed by atoms with Gasteiger partial charge >= 0.3 is 0 Å². The Bertz CT molecular complexity index is 499. The van der Waals surface area contributed by atoms with Gasteiger partial charge in [0.1, 0.15) is 5.82 Å². The summed E-state index contributed by atoms with van der Waals surface area (Å²) in [5.74, 6) is -0.197. The van der Waals surface area contributed by atoms with Crippen LogP contribution in [0.25, 0.3) is 0 Å². The Morgan fingerprint density at radius 1 is 1.39 bits per heavy atom. The predicted molar refractivity (Wildman–Crippen MR) is 66.3 cm³/mol. The second-order valence-corrected chi connectivity index (χ2v) is 5.37. The van der Waals surface area contributed by atoms with Crippen LogP contribution in [0, 0.1) is 12.7 Å². The van der Waals surface area contributed by atoms with Crippen molar-refractivity contribution in [3.63, 3.8) is 0 Å². The van der Waals surface area contributed by atoms with Crippen LogP contribution in [0.3, 0.4) is 0 Å². The molecule has 96 valence electrons. The number of halogens is 1. The van der Waals surface area contributed by atoms with Gasteiger partial charge in [-0.3, -0.25) is 4.79 Å². The molecule has 1 heterocycles. The Labute approximate surface area is 106 Å². The van der Waals surface area contributed by atoms with E-state index in [9.17, 15) is 9.18 Å². The zero-order chi connectivity index (χ0) is 12.9.